The van der Waals surface area contributed by atoms with E-state index < -0.39 is 17.9 Å². The van der Waals surface area contributed by atoms with Crippen molar-refractivity contribution in [1.82, 2.24) is 5.32 Å². The van der Waals surface area contributed by atoms with Crippen LogP contribution in [-0.2, 0) is 41.7 Å². The number of ether oxygens (including phenoxy) is 5. The summed E-state index contributed by atoms with van der Waals surface area (Å²) < 4.78 is 27.2. The summed E-state index contributed by atoms with van der Waals surface area (Å²) >= 11 is 0. The predicted octanol–water partition coefficient (Wildman–Crippen LogP) is 3.54. The van der Waals surface area contributed by atoms with E-state index in [0.29, 0.717) is 50.8 Å². The molecule has 2 aromatic rings. The van der Waals surface area contributed by atoms with Gasteiger partial charge in [0.25, 0.3) is 5.91 Å². The summed E-state index contributed by atoms with van der Waals surface area (Å²) in [6, 6.07) is 10.6. The van der Waals surface area contributed by atoms with E-state index in [1.165, 1.54) is 14.2 Å². The molecule has 0 spiro atoms. The van der Waals surface area contributed by atoms with Gasteiger partial charge in [-0.05, 0) is 48.6 Å². The lowest BCUT2D eigenvalue weighted by Gasteiger charge is -2.24. The highest BCUT2D eigenvalue weighted by atomic mass is 16.6. The zero-order valence-electron chi connectivity index (χ0n) is 23.3. The lowest BCUT2D eigenvalue weighted by atomic mass is 9.93. The maximum atomic E-state index is 13.1. The molecule has 1 N–H and O–H groups in total. The molecule has 10 heteroatoms. The van der Waals surface area contributed by atoms with E-state index in [1.807, 2.05) is 43.3 Å². The van der Waals surface area contributed by atoms with Gasteiger partial charge in [0.05, 0.1) is 33.5 Å². The molecule has 0 aliphatic carbocycles. The fraction of sp³-hybridized carbons (Fsp3) is 0.483. The molecule has 10 nitrogen and oxygen atoms in total. The zero-order valence-corrected chi connectivity index (χ0v) is 23.3. The van der Waals surface area contributed by atoms with Crippen LogP contribution in [0.1, 0.15) is 30.9 Å². The van der Waals surface area contributed by atoms with Crippen LogP contribution in [0.15, 0.2) is 41.6 Å². The number of carbonyl (C=O) groups is 2. The number of nitrogens with one attached hydrogen (secondary N) is 1. The first kappa shape index (κ1) is 29.9. The van der Waals surface area contributed by atoms with E-state index in [1.54, 1.807) is 14.2 Å². The molecule has 1 aliphatic heterocycles. The van der Waals surface area contributed by atoms with E-state index in [9.17, 15) is 9.59 Å². The summed E-state index contributed by atoms with van der Waals surface area (Å²) in [5.74, 6) is 0.201. The fourth-order valence-electron chi connectivity index (χ4n) is 4.54. The average Bonchev–Trinajstić information content (AvgIpc) is 2.98. The number of benzene rings is 2. The number of carbonyl (C=O) groups excluding carboxylic acids is 2. The number of esters is 1. The van der Waals surface area contributed by atoms with Crippen LogP contribution in [0.25, 0.3) is 11.1 Å². The molecule has 0 aromatic heterocycles. The lowest BCUT2D eigenvalue weighted by Crippen LogP contribution is -2.47. The van der Waals surface area contributed by atoms with Crippen molar-refractivity contribution in [2.24, 2.45) is 11.1 Å². The van der Waals surface area contributed by atoms with Crippen molar-refractivity contribution in [1.29, 1.82) is 0 Å². The van der Waals surface area contributed by atoms with E-state index in [4.69, 9.17) is 28.5 Å². The van der Waals surface area contributed by atoms with Gasteiger partial charge < -0.3 is 33.8 Å². The number of amides is 1. The quantitative estimate of drug-likeness (QED) is 0.232. The first-order valence-electron chi connectivity index (χ1n) is 12.9. The molecule has 212 valence electrons. The summed E-state index contributed by atoms with van der Waals surface area (Å²) in [6.45, 7) is 4.08. The lowest BCUT2D eigenvalue weighted by molar-refractivity contribution is -0.144. The van der Waals surface area contributed by atoms with Crippen LogP contribution >= 0.6 is 0 Å². The van der Waals surface area contributed by atoms with Crippen molar-refractivity contribution in [3.63, 3.8) is 0 Å². The Morgan fingerprint density at radius 2 is 1.64 bits per heavy atom. The fourth-order valence-corrected chi connectivity index (χ4v) is 4.54. The Morgan fingerprint density at radius 3 is 2.18 bits per heavy atom. The Balaban J connectivity index is 1.81. The van der Waals surface area contributed by atoms with Gasteiger partial charge in [-0.3, -0.25) is 4.79 Å². The molecule has 39 heavy (non-hydrogen) atoms. The Bertz CT molecular complexity index is 1100. The number of methoxy groups -OCH3 is 3. The molecule has 1 fully saturated rings. The van der Waals surface area contributed by atoms with Gasteiger partial charge >= 0.3 is 5.97 Å². The molecular formula is C29H38N2O8. The maximum absolute atomic E-state index is 13.1. The Hall–Kier alpha value is -3.63. The van der Waals surface area contributed by atoms with Crippen LogP contribution in [0.2, 0.25) is 0 Å². The van der Waals surface area contributed by atoms with Gasteiger partial charge in [0, 0.05) is 32.2 Å². The average molecular weight is 543 g/mol. The molecule has 1 heterocycles. The molecular weight excluding hydrogens is 504 g/mol. The molecule has 0 saturated carbocycles. The predicted molar refractivity (Wildman–Crippen MR) is 146 cm³/mol. The van der Waals surface area contributed by atoms with E-state index in [0.717, 1.165) is 22.3 Å². The second-order valence-electron chi connectivity index (χ2n) is 9.01. The molecule has 3 rings (SSSR count). The van der Waals surface area contributed by atoms with Crippen LogP contribution in [0.5, 0.6) is 11.5 Å². The third-order valence-electron chi connectivity index (χ3n) is 6.54. The highest BCUT2D eigenvalue weighted by molar-refractivity contribution is 6.39. The maximum Gasteiger partial charge on any atom is 0.328 e. The SMILES string of the molecule is CCOCc1cc(OC)c(-c2ccc(C[C@H](NC(=O)C(=NOC)C3CCOCC3)C(=O)OC)cc2)c(OC)c1. The number of nitrogens with zero attached hydrogens (tertiary/aromatic N) is 1. The van der Waals surface area contributed by atoms with Crippen molar-refractivity contribution < 1.29 is 38.1 Å². The molecule has 1 atom stereocenters. The van der Waals surface area contributed by atoms with Crippen LogP contribution in [-0.4, -0.2) is 71.9 Å². The topological polar surface area (TPSA) is 114 Å². The second-order valence-corrected chi connectivity index (χ2v) is 9.01. The van der Waals surface area contributed by atoms with Gasteiger partial charge in [-0.15, -0.1) is 0 Å². The number of rotatable bonds is 13. The molecule has 1 amide bonds. The zero-order chi connectivity index (χ0) is 28.2. The number of oxime groups is 1. The third kappa shape index (κ3) is 7.93. The van der Waals surface area contributed by atoms with E-state index in [2.05, 4.69) is 10.5 Å². The van der Waals surface area contributed by atoms with Crippen molar-refractivity contribution in [2.75, 3.05) is 48.3 Å². The molecule has 2 aromatic carbocycles. The highest BCUT2D eigenvalue weighted by Crippen LogP contribution is 2.40. The number of hydrogen-bond acceptors (Lipinski definition) is 9. The smallest absolute Gasteiger partial charge is 0.328 e. The van der Waals surface area contributed by atoms with Gasteiger partial charge in [0.1, 0.15) is 30.4 Å². The summed E-state index contributed by atoms with van der Waals surface area (Å²) in [4.78, 5) is 30.6. The molecule has 0 radical (unpaired) electrons. The molecule has 1 aliphatic rings. The summed E-state index contributed by atoms with van der Waals surface area (Å²) in [7, 11) is 5.91. The van der Waals surface area contributed by atoms with Gasteiger partial charge in [-0.25, -0.2) is 4.79 Å². The van der Waals surface area contributed by atoms with Crippen molar-refractivity contribution in [3.05, 3.63) is 47.5 Å². The standard InChI is InChI=1S/C29H38N2O8/c1-6-38-18-20-16-24(34-2)26(25(17-20)35-3)21-9-7-19(8-10-21)15-23(29(33)36-4)30-28(32)27(31-37-5)22-11-13-39-14-12-22/h7-10,16-17,22-23H,6,11-15,18H2,1-5H3,(H,30,32)/t23-/m0/s1. The van der Waals surface area contributed by atoms with Crippen LogP contribution < -0.4 is 14.8 Å². The van der Waals surface area contributed by atoms with Crippen molar-refractivity contribution >= 4 is 17.6 Å². The Labute approximate surface area is 229 Å². The third-order valence-corrected chi connectivity index (χ3v) is 6.54. The number of hydrogen-bond donors (Lipinski definition) is 1. The van der Waals surface area contributed by atoms with Crippen LogP contribution in [0, 0.1) is 5.92 Å². The van der Waals surface area contributed by atoms with Gasteiger partial charge in [0.2, 0.25) is 0 Å². The minimum absolute atomic E-state index is 0.110. The van der Waals surface area contributed by atoms with Gasteiger partial charge in [0.15, 0.2) is 0 Å². The summed E-state index contributed by atoms with van der Waals surface area (Å²) in [6.07, 6.45) is 1.54. The molecule has 1 saturated heterocycles. The Morgan fingerprint density at radius 1 is 1.00 bits per heavy atom. The summed E-state index contributed by atoms with van der Waals surface area (Å²) in [5.41, 5.74) is 3.71. The largest absolute Gasteiger partial charge is 0.496 e. The van der Waals surface area contributed by atoms with E-state index >= 15 is 0 Å². The molecule has 0 bridgehead atoms. The van der Waals surface area contributed by atoms with Crippen molar-refractivity contribution in [3.8, 4) is 22.6 Å². The first-order chi connectivity index (χ1) is 18.9. The van der Waals surface area contributed by atoms with Gasteiger partial charge in [-0.1, -0.05) is 29.4 Å². The first-order valence-corrected chi connectivity index (χ1v) is 12.9. The van der Waals surface area contributed by atoms with Crippen LogP contribution in [0.4, 0.5) is 0 Å². The minimum atomic E-state index is -0.905. The van der Waals surface area contributed by atoms with Crippen molar-refractivity contribution in [2.45, 2.75) is 38.8 Å². The normalized spacial score (nSPS) is 14.8. The molecule has 0 unspecified atom stereocenters. The second kappa shape index (κ2) is 15.1. The highest BCUT2D eigenvalue weighted by Gasteiger charge is 2.30. The Kier molecular flexibility index (Phi) is 11.6. The summed E-state index contributed by atoms with van der Waals surface area (Å²) in [5, 5.41) is 6.75. The minimum Gasteiger partial charge on any atom is -0.496 e. The van der Waals surface area contributed by atoms with E-state index in [-0.39, 0.29) is 18.1 Å². The monoisotopic (exact) mass is 542 g/mol. The van der Waals surface area contributed by atoms with Crippen LogP contribution in [0.3, 0.4) is 0 Å². The van der Waals surface area contributed by atoms with Gasteiger partial charge in [-0.2, -0.15) is 0 Å².